The monoisotopic (exact) mass is 263 g/mol. The number of hydrogen-bond acceptors (Lipinski definition) is 3. The van der Waals surface area contributed by atoms with Crippen LogP contribution >= 0.6 is 0 Å². The van der Waals surface area contributed by atoms with Gasteiger partial charge in [0.15, 0.2) is 5.65 Å². The minimum Gasteiger partial charge on any atom is -0.344 e. The average Bonchev–Trinajstić information content (AvgIpc) is 2.46. The molecule has 2 heterocycles. The van der Waals surface area contributed by atoms with Crippen LogP contribution in [-0.2, 0) is 0 Å². The molecule has 2 aromatic heterocycles. The van der Waals surface area contributed by atoms with E-state index in [2.05, 4.69) is 46.2 Å². The number of nitrogens with zero attached hydrogens (tertiary/aromatic N) is 3. The molecule has 0 aliphatic heterocycles. The van der Waals surface area contributed by atoms with Gasteiger partial charge in [0.05, 0.1) is 5.69 Å². The maximum absolute atomic E-state index is 4.54. The van der Waals surface area contributed by atoms with E-state index >= 15 is 0 Å². The quantitative estimate of drug-likeness (QED) is 0.699. The summed E-state index contributed by atoms with van der Waals surface area (Å²) in [6, 6.07) is 16.5. The average molecular weight is 263 g/mol. The zero-order chi connectivity index (χ0) is 14.1. The van der Waals surface area contributed by atoms with Crippen LogP contribution in [0.4, 0.5) is 11.4 Å². The Kier molecular flexibility index (Phi) is 3.11. The van der Waals surface area contributed by atoms with Crippen molar-refractivity contribution in [2.75, 3.05) is 11.9 Å². The molecule has 1 aromatic carbocycles. The summed E-state index contributed by atoms with van der Waals surface area (Å²) in [5.41, 5.74) is 5.06. The molecule has 100 valence electrons. The van der Waals surface area contributed by atoms with E-state index in [-0.39, 0.29) is 0 Å². The van der Waals surface area contributed by atoms with Crippen molar-refractivity contribution < 1.29 is 0 Å². The lowest BCUT2D eigenvalue weighted by atomic mass is 10.1. The second-order valence-electron chi connectivity index (χ2n) is 5.00. The third-order valence-corrected chi connectivity index (χ3v) is 3.42. The van der Waals surface area contributed by atoms with Gasteiger partial charge in [-0.25, -0.2) is 9.97 Å². The van der Waals surface area contributed by atoms with Gasteiger partial charge in [-0.2, -0.15) is 0 Å². The molecule has 0 radical (unpaired) electrons. The highest BCUT2D eigenvalue weighted by Gasteiger charge is 2.10. The molecule has 0 bridgehead atoms. The Balaban J connectivity index is 2.20. The van der Waals surface area contributed by atoms with Crippen LogP contribution in [0.2, 0.25) is 0 Å². The van der Waals surface area contributed by atoms with Crippen LogP contribution in [0.3, 0.4) is 0 Å². The number of fused-ring (bicyclic) bond motifs is 1. The summed E-state index contributed by atoms with van der Waals surface area (Å²) in [4.78, 5) is 11.2. The molecule has 0 spiro atoms. The fourth-order valence-corrected chi connectivity index (χ4v) is 2.37. The van der Waals surface area contributed by atoms with E-state index in [4.69, 9.17) is 0 Å². The third-order valence-electron chi connectivity index (χ3n) is 3.42. The Morgan fingerprint density at radius 1 is 0.850 bits per heavy atom. The highest BCUT2D eigenvalue weighted by atomic mass is 15.1. The van der Waals surface area contributed by atoms with Crippen molar-refractivity contribution >= 4 is 22.4 Å². The van der Waals surface area contributed by atoms with Crippen LogP contribution in [0, 0.1) is 13.8 Å². The molecule has 0 aliphatic carbocycles. The van der Waals surface area contributed by atoms with E-state index in [9.17, 15) is 0 Å². The zero-order valence-corrected chi connectivity index (χ0v) is 12.0. The summed E-state index contributed by atoms with van der Waals surface area (Å²) in [6.45, 7) is 4.00. The highest BCUT2D eigenvalue weighted by Crippen LogP contribution is 2.30. The molecule has 0 fully saturated rings. The van der Waals surface area contributed by atoms with Crippen LogP contribution in [-0.4, -0.2) is 17.0 Å². The smallest absolute Gasteiger partial charge is 0.161 e. The fourth-order valence-electron chi connectivity index (χ4n) is 2.37. The van der Waals surface area contributed by atoms with Crippen LogP contribution in [0.5, 0.6) is 0 Å². The minimum absolute atomic E-state index is 0.808. The Hall–Kier alpha value is -2.42. The third kappa shape index (κ3) is 2.23. The van der Waals surface area contributed by atoms with E-state index in [1.807, 2.05) is 38.1 Å². The van der Waals surface area contributed by atoms with Crippen LogP contribution in [0.25, 0.3) is 11.0 Å². The molecule has 3 aromatic rings. The second kappa shape index (κ2) is 4.93. The fraction of sp³-hybridized carbons (Fsp3) is 0.176. The Bertz CT molecular complexity index is 746. The summed E-state index contributed by atoms with van der Waals surface area (Å²) in [7, 11) is 2.07. The topological polar surface area (TPSA) is 29.0 Å². The van der Waals surface area contributed by atoms with Crippen molar-refractivity contribution in [3.05, 3.63) is 59.9 Å². The predicted octanol–water partition coefficient (Wildman–Crippen LogP) is 4.01. The lowest BCUT2D eigenvalue weighted by molar-refractivity contribution is 1.14. The Labute approximate surface area is 118 Å². The van der Waals surface area contributed by atoms with E-state index in [1.54, 1.807) is 0 Å². The Morgan fingerprint density at radius 2 is 1.55 bits per heavy atom. The number of hydrogen-bond donors (Lipinski definition) is 0. The first-order chi connectivity index (χ1) is 9.65. The minimum atomic E-state index is 0.808. The normalized spacial score (nSPS) is 10.8. The summed E-state index contributed by atoms with van der Waals surface area (Å²) >= 11 is 0. The number of aryl methyl sites for hydroxylation is 2. The van der Waals surface area contributed by atoms with Gasteiger partial charge in [-0.3, -0.25) is 0 Å². The molecule has 3 heteroatoms. The first kappa shape index (κ1) is 12.6. The van der Waals surface area contributed by atoms with Crippen molar-refractivity contribution in [3.8, 4) is 0 Å². The van der Waals surface area contributed by atoms with Gasteiger partial charge >= 0.3 is 0 Å². The van der Waals surface area contributed by atoms with Crippen LogP contribution in [0.15, 0.2) is 48.5 Å². The summed E-state index contributed by atoms with van der Waals surface area (Å²) in [6.07, 6.45) is 0. The SMILES string of the molecule is Cc1ccc2c(N(C)c3ccccc3)cc(C)nc2n1. The van der Waals surface area contributed by atoms with Gasteiger partial charge in [-0.05, 0) is 44.2 Å². The lowest BCUT2D eigenvalue weighted by Crippen LogP contribution is -2.10. The van der Waals surface area contributed by atoms with Crippen molar-refractivity contribution in [1.82, 2.24) is 9.97 Å². The van der Waals surface area contributed by atoms with E-state index in [0.717, 1.165) is 33.8 Å². The first-order valence-electron chi connectivity index (χ1n) is 6.69. The summed E-state index contributed by atoms with van der Waals surface area (Å²) in [5, 5.41) is 1.08. The van der Waals surface area contributed by atoms with Crippen molar-refractivity contribution in [2.24, 2.45) is 0 Å². The maximum Gasteiger partial charge on any atom is 0.161 e. The van der Waals surface area contributed by atoms with Gasteiger partial charge < -0.3 is 4.90 Å². The van der Waals surface area contributed by atoms with Crippen LogP contribution < -0.4 is 4.90 Å². The van der Waals surface area contributed by atoms with Gasteiger partial charge in [0.2, 0.25) is 0 Å². The van der Waals surface area contributed by atoms with Gasteiger partial charge in [-0.1, -0.05) is 18.2 Å². The molecular formula is C17H17N3. The molecule has 0 unspecified atom stereocenters. The standard InChI is InChI=1S/C17H17N3/c1-12-9-10-15-16(11-13(2)19-17(15)18-12)20(3)14-7-5-4-6-8-14/h4-11H,1-3H3. The second-order valence-corrected chi connectivity index (χ2v) is 5.00. The summed E-state index contributed by atoms with van der Waals surface area (Å²) in [5.74, 6) is 0. The van der Waals surface area contributed by atoms with E-state index in [0.29, 0.717) is 0 Å². The number of anilines is 2. The van der Waals surface area contributed by atoms with Gasteiger partial charge in [0, 0.05) is 29.5 Å². The van der Waals surface area contributed by atoms with E-state index < -0.39 is 0 Å². The van der Waals surface area contributed by atoms with Gasteiger partial charge in [0.25, 0.3) is 0 Å². The van der Waals surface area contributed by atoms with Crippen LogP contribution in [0.1, 0.15) is 11.4 Å². The highest BCUT2D eigenvalue weighted by molar-refractivity contribution is 5.91. The Morgan fingerprint density at radius 3 is 2.30 bits per heavy atom. The molecule has 3 rings (SSSR count). The maximum atomic E-state index is 4.54. The number of aromatic nitrogens is 2. The zero-order valence-electron chi connectivity index (χ0n) is 12.0. The molecule has 0 saturated heterocycles. The number of benzene rings is 1. The molecular weight excluding hydrogens is 246 g/mol. The number of para-hydroxylation sites is 1. The molecule has 0 atom stereocenters. The largest absolute Gasteiger partial charge is 0.344 e. The summed E-state index contributed by atoms with van der Waals surface area (Å²) < 4.78 is 0. The molecule has 3 nitrogen and oxygen atoms in total. The van der Waals surface area contributed by atoms with Crippen molar-refractivity contribution in [1.29, 1.82) is 0 Å². The molecule has 0 amide bonds. The molecule has 0 saturated carbocycles. The molecule has 20 heavy (non-hydrogen) atoms. The molecule has 0 N–H and O–H groups in total. The number of rotatable bonds is 2. The lowest BCUT2D eigenvalue weighted by Gasteiger charge is -2.21. The van der Waals surface area contributed by atoms with Gasteiger partial charge in [-0.15, -0.1) is 0 Å². The van der Waals surface area contributed by atoms with Crippen molar-refractivity contribution in [2.45, 2.75) is 13.8 Å². The predicted molar refractivity (Wildman–Crippen MR) is 83.5 cm³/mol. The molecule has 0 aliphatic rings. The first-order valence-corrected chi connectivity index (χ1v) is 6.69. The van der Waals surface area contributed by atoms with Crippen molar-refractivity contribution in [3.63, 3.8) is 0 Å². The number of pyridine rings is 2. The van der Waals surface area contributed by atoms with Gasteiger partial charge in [0.1, 0.15) is 0 Å². The van der Waals surface area contributed by atoms with E-state index in [1.165, 1.54) is 0 Å².